The Balaban J connectivity index is 2.19. The maximum atomic E-state index is 13.3. The molecule has 106 valence electrons. The van der Waals surface area contributed by atoms with Crippen LogP contribution in [0.4, 0.5) is 14.5 Å². The van der Waals surface area contributed by atoms with Crippen molar-refractivity contribution >= 4 is 5.69 Å². The molecule has 1 N–H and O–H groups in total. The first kappa shape index (κ1) is 14.5. The Morgan fingerprint density at radius 1 is 1.00 bits per heavy atom. The van der Waals surface area contributed by atoms with Crippen molar-refractivity contribution < 1.29 is 8.78 Å². The third-order valence-corrected chi connectivity index (χ3v) is 3.25. The number of hydrogen-bond donors (Lipinski definition) is 1. The summed E-state index contributed by atoms with van der Waals surface area (Å²) in [6.45, 7) is 2.13. The van der Waals surface area contributed by atoms with Crippen molar-refractivity contribution in [1.29, 1.82) is 0 Å². The maximum Gasteiger partial charge on any atom is 0.128 e. The lowest BCUT2D eigenvalue weighted by Crippen LogP contribution is -2.11. The summed E-state index contributed by atoms with van der Waals surface area (Å²) in [6, 6.07) is 13.6. The molecule has 1 nitrogen and oxygen atoms in total. The Hall–Kier alpha value is -1.90. The Morgan fingerprint density at radius 3 is 2.25 bits per heavy atom. The van der Waals surface area contributed by atoms with Crippen LogP contribution in [-0.2, 0) is 0 Å². The largest absolute Gasteiger partial charge is 0.378 e. The van der Waals surface area contributed by atoms with Gasteiger partial charge in [-0.3, -0.25) is 0 Å². The number of unbranched alkanes of at least 4 members (excludes halogenated alkanes) is 1. The Labute approximate surface area is 118 Å². The lowest BCUT2D eigenvalue weighted by atomic mass is 10.0. The highest BCUT2D eigenvalue weighted by molar-refractivity contribution is 5.46. The molecule has 0 fully saturated rings. The van der Waals surface area contributed by atoms with E-state index in [9.17, 15) is 8.78 Å². The summed E-state index contributed by atoms with van der Waals surface area (Å²) in [5.41, 5.74) is 1.61. The third-order valence-electron chi connectivity index (χ3n) is 3.25. The SMILES string of the molecule is CCCCC(Nc1cc(F)cc(F)c1)c1ccccc1. The highest BCUT2D eigenvalue weighted by Crippen LogP contribution is 2.25. The van der Waals surface area contributed by atoms with E-state index in [0.717, 1.165) is 30.9 Å². The molecule has 2 aromatic carbocycles. The summed E-state index contributed by atoms with van der Waals surface area (Å²) in [6.07, 6.45) is 3.07. The molecular weight excluding hydrogens is 256 g/mol. The number of anilines is 1. The minimum Gasteiger partial charge on any atom is -0.378 e. The van der Waals surface area contributed by atoms with Gasteiger partial charge in [-0.05, 0) is 24.1 Å². The molecule has 0 aliphatic carbocycles. The van der Waals surface area contributed by atoms with Crippen molar-refractivity contribution in [2.75, 3.05) is 5.32 Å². The Morgan fingerprint density at radius 2 is 1.65 bits per heavy atom. The number of nitrogens with one attached hydrogen (secondary N) is 1. The van der Waals surface area contributed by atoms with Crippen LogP contribution in [0.25, 0.3) is 0 Å². The van der Waals surface area contributed by atoms with E-state index in [2.05, 4.69) is 12.2 Å². The molecule has 1 atom stereocenters. The fourth-order valence-electron chi connectivity index (χ4n) is 2.25. The fourth-order valence-corrected chi connectivity index (χ4v) is 2.25. The molecule has 2 aromatic rings. The van der Waals surface area contributed by atoms with E-state index in [4.69, 9.17) is 0 Å². The molecule has 2 rings (SSSR count). The van der Waals surface area contributed by atoms with Crippen molar-refractivity contribution in [3.05, 3.63) is 65.7 Å². The second-order valence-corrected chi connectivity index (χ2v) is 4.91. The van der Waals surface area contributed by atoms with Crippen molar-refractivity contribution in [2.45, 2.75) is 32.2 Å². The summed E-state index contributed by atoms with van der Waals surface area (Å²) in [7, 11) is 0. The van der Waals surface area contributed by atoms with Crippen LogP contribution in [-0.4, -0.2) is 0 Å². The molecule has 0 aliphatic heterocycles. The van der Waals surface area contributed by atoms with E-state index in [-0.39, 0.29) is 6.04 Å². The Kier molecular flexibility index (Phi) is 5.10. The predicted octanol–water partition coefficient (Wildman–Crippen LogP) is 5.31. The molecule has 0 radical (unpaired) electrons. The maximum absolute atomic E-state index is 13.3. The van der Waals surface area contributed by atoms with Gasteiger partial charge in [-0.2, -0.15) is 0 Å². The molecule has 20 heavy (non-hydrogen) atoms. The van der Waals surface area contributed by atoms with Crippen molar-refractivity contribution in [1.82, 2.24) is 0 Å². The van der Waals surface area contributed by atoms with Gasteiger partial charge in [0.05, 0.1) is 6.04 Å². The van der Waals surface area contributed by atoms with E-state index < -0.39 is 11.6 Å². The summed E-state index contributed by atoms with van der Waals surface area (Å²) < 4.78 is 26.5. The van der Waals surface area contributed by atoms with E-state index in [1.54, 1.807) is 0 Å². The average molecular weight is 275 g/mol. The third kappa shape index (κ3) is 4.05. The lowest BCUT2D eigenvalue weighted by molar-refractivity contribution is 0.581. The molecule has 0 saturated carbocycles. The first-order chi connectivity index (χ1) is 9.69. The summed E-state index contributed by atoms with van der Waals surface area (Å²) >= 11 is 0. The van der Waals surface area contributed by atoms with Gasteiger partial charge in [-0.15, -0.1) is 0 Å². The molecule has 0 aliphatic rings. The zero-order valence-corrected chi connectivity index (χ0v) is 11.6. The number of rotatable bonds is 6. The van der Waals surface area contributed by atoms with Gasteiger partial charge in [0.1, 0.15) is 11.6 Å². The smallest absolute Gasteiger partial charge is 0.128 e. The minimum absolute atomic E-state index is 0.0670. The molecule has 0 bridgehead atoms. The first-order valence-electron chi connectivity index (χ1n) is 6.96. The second kappa shape index (κ2) is 7.04. The minimum atomic E-state index is -0.560. The fraction of sp³-hybridized carbons (Fsp3) is 0.294. The average Bonchev–Trinajstić information content (AvgIpc) is 2.43. The van der Waals surface area contributed by atoms with Crippen molar-refractivity contribution in [3.8, 4) is 0 Å². The van der Waals surface area contributed by atoms with Crippen molar-refractivity contribution in [2.24, 2.45) is 0 Å². The van der Waals surface area contributed by atoms with Gasteiger partial charge in [0, 0.05) is 11.8 Å². The van der Waals surface area contributed by atoms with Crippen LogP contribution in [0.15, 0.2) is 48.5 Å². The van der Waals surface area contributed by atoms with Crippen LogP contribution in [0, 0.1) is 11.6 Å². The first-order valence-corrected chi connectivity index (χ1v) is 6.96. The molecule has 0 heterocycles. The van der Waals surface area contributed by atoms with Crippen LogP contribution in [0.3, 0.4) is 0 Å². The van der Waals surface area contributed by atoms with E-state index in [1.807, 2.05) is 30.3 Å². The van der Waals surface area contributed by atoms with Crippen LogP contribution < -0.4 is 5.32 Å². The summed E-state index contributed by atoms with van der Waals surface area (Å²) in [5.74, 6) is -1.12. The molecule has 0 saturated heterocycles. The predicted molar refractivity (Wildman–Crippen MR) is 78.7 cm³/mol. The van der Waals surface area contributed by atoms with E-state index >= 15 is 0 Å². The summed E-state index contributed by atoms with van der Waals surface area (Å²) in [4.78, 5) is 0. The van der Waals surface area contributed by atoms with Gasteiger partial charge in [-0.1, -0.05) is 50.1 Å². The van der Waals surface area contributed by atoms with Crippen molar-refractivity contribution in [3.63, 3.8) is 0 Å². The van der Waals surface area contributed by atoms with Crippen LogP contribution in [0.5, 0.6) is 0 Å². The van der Waals surface area contributed by atoms with Gasteiger partial charge in [-0.25, -0.2) is 8.78 Å². The molecule has 0 aromatic heterocycles. The highest BCUT2D eigenvalue weighted by Gasteiger charge is 2.11. The highest BCUT2D eigenvalue weighted by atomic mass is 19.1. The molecule has 1 unspecified atom stereocenters. The number of benzene rings is 2. The zero-order valence-electron chi connectivity index (χ0n) is 11.6. The Bertz CT molecular complexity index is 520. The van der Waals surface area contributed by atoms with E-state index in [1.165, 1.54) is 12.1 Å². The monoisotopic (exact) mass is 275 g/mol. The summed E-state index contributed by atoms with van der Waals surface area (Å²) in [5, 5.41) is 3.23. The molecule has 0 spiro atoms. The lowest BCUT2D eigenvalue weighted by Gasteiger charge is -2.20. The molecular formula is C17H19F2N. The van der Waals surface area contributed by atoms with Crippen LogP contribution in [0.2, 0.25) is 0 Å². The normalized spacial score (nSPS) is 12.2. The zero-order chi connectivity index (χ0) is 14.4. The van der Waals surface area contributed by atoms with Crippen LogP contribution >= 0.6 is 0 Å². The number of hydrogen-bond acceptors (Lipinski definition) is 1. The number of halogens is 2. The molecule has 0 amide bonds. The molecule has 3 heteroatoms. The van der Waals surface area contributed by atoms with Crippen LogP contribution in [0.1, 0.15) is 37.8 Å². The van der Waals surface area contributed by atoms with Gasteiger partial charge in [0.2, 0.25) is 0 Å². The van der Waals surface area contributed by atoms with Gasteiger partial charge in [0.25, 0.3) is 0 Å². The van der Waals surface area contributed by atoms with Gasteiger partial charge < -0.3 is 5.32 Å². The quantitative estimate of drug-likeness (QED) is 0.753. The van der Waals surface area contributed by atoms with Gasteiger partial charge in [0.15, 0.2) is 0 Å². The standard InChI is InChI=1S/C17H19F2N/c1-2-3-9-17(13-7-5-4-6-8-13)20-16-11-14(18)10-15(19)12-16/h4-8,10-12,17,20H,2-3,9H2,1H3. The second-order valence-electron chi connectivity index (χ2n) is 4.91. The topological polar surface area (TPSA) is 12.0 Å². The van der Waals surface area contributed by atoms with E-state index in [0.29, 0.717) is 5.69 Å². The van der Waals surface area contributed by atoms with Gasteiger partial charge >= 0.3 is 0 Å².